The van der Waals surface area contributed by atoms with Crippen LogP contribution in [0, 0.1) is 6.92 Å². The van der Waals surface area contributed by atoms with E-state index in [1.54, 1.807) is 7.05 Å². The second kappa shape index (κ2) is 6.80. The summed E-state index contributed by atoms with van der Waals surface area (Å²) in [4.78, 5) is 0. The van der Waals surface area contributed by atoms with Gasteiger partial charge in [-0.1, -0.05) is 29.8 Å². The second-order valence-electron chi connectivity index (χ2n) is 3.33. The van der Waals surface area contributed by atoms with Crippen LogP contribution in [0.5, 0.6) is 0 Å². The molecule has 0 spiro atoms. The van der Waals surface area contributed by atoms with E-state index in [-0.39, 0.29) is 25.1 Å². The van der Waals surface area contributed by atoms with E-state index < -0.39 is 0 Å². The summed E-state index contributed by atoms with van der Waals surface area (Å²) in [6, 6.07) is 8.16. The summed E-state index contributed by atoms with van der Waals surface area (Å²) < 4.78 is 12.4. The normalized spacial score (nSPS) is 11.9. The van der Waals surface area contributed by atoms with E-state index in [4.69, 9.17) is 0 Å². The molecule has 0 aromatic heterocycles. The Hall–Kier alpha value is -0.600. The van der Waals surface area contributed by atoms with E-state index >= 15 is 0 Å². The maximum absolute atomic E-state index is 12.4. The van der Waals surface area contributed by atoms with Crippen molar-refractivity contribution >= 4 is 12.4 Å². The molecule has 1 aromatic rings. The Labute approximate surface area is 91.1 Å². The van der Waals surface area contributed by atoms with Crippen molar-refractivity contribution in [3.05, 3.63) is 35.4 Å². The highest BCUT2D eigenvalue weighted by Crippen LogP contribution is 2.06. The number of hydrogen-bond acceptors (Lipinski definition) is 1. The van der Waals surface area contributed by atoms with E-state index in [1.165, 1.54) is 11.1 Å². The smallest absolute Gasteiger partial charge is 0.105 e. The van der Waals surface area contributed by atoms with Gasteiger partial charge in [-0.15, -0.1) is 12.4 Å². The number of halogens is 2. The van der Waals surface area contributed by atoms with Crippen LogP contribution in [0.1, 0.15) is 11.1 Å². The summed E-state index contributed by atoms with van der Waals surface area (Å²) in [5.74, 6) is 0. The van der Waals surface area contributed by atoms with Crippen molar-refractivity contribution in [1.29, 1.82) is 0 Å². The van der Waals surface area contributed by atoms with E-state index in [9.17, 15) is 4.39 Å². The van der Waals surface area contributed by atoms with Crippen LogP contribution >= 0.6 is 12.4 Å². The van der Waals surface area contributed by atoms with E-state index in [1.807, 2.05) is 0 Å². The molecule has 1 atom stereocenters. The third-order valence-corrected chi connectivity index (χ3v) is 2.20. The molecule has 0 heterocycles. The van der Waals surface area contributed by atoms with Crippen molar-refractivity contribution < 1.29 is 4.39 Å². The van der Waals surface area contributed by atoms with E-state index in [2.05, 4.69) is 36.5 Å². The molecule has 0 aliphatic heterocycles. The van der Waals surface area contributed by atoms with Gasteiger partial charge in [0.25, 0.3) is 0 Å². The number of hydrogen-bond donors (Lipinski definition) is 1. The summed E-state index contributed by atoms with van der Waals surface area (Å²) in [5.41, 5.74) is 2.42. The Kier molecular flexibility index (Phi) is 6.50. The van der Waals surface area contributed by atoms with Gasteiger partial charge in [0.05, 0.1) is 0 Å². The third kappa shape index (κ3) is 4.07. The van der Waals surface area contributed by atoms with Crippen molar-refractivity contribution in [2.75, 3.05) is 13.7 Å². The molecular formula is C11H17ClFN. The van der Waals surface area contributed by atoms with Crippen LogP contribution in [0.25, 0.3) is 0 Å². The first kappa shape index (κ1) is 13.4. The monoisotopic (exact) mass is 217 g/mol. The third-order valence-electron chi connectivity index (χ3n) is 2.20. The van der Waals surface area contributed by atoms with Gasteiger partial charge in [-0.2, -0.15) is 0 Å². The SMILES string of the molecule is CNC(CF)Cc1ccc(C)cc1.Cl. The molecule has 1 N–H and O–H groups in total. The minimum absolute atomic E-state index is 0. The van der Waals surface area contributed by atoms with Gasteiger partial charge in [-0.25, -0.2) is 4.39 Å². The molecular weight excluding hydrogens is 201 g/mol. The van der Waals surface area contributed by atoms with Gasteiger partial charge in [0.15, 0.2) is 0 Å². The lowest BCUT2D eigenvalue weighted by Crippen LogP contribution is -2.29. The number of benzene rings is 1. The summed E-state index contributed by atoms with van der Waals surface area (Å²) in [7, 11) is 1.79. The minimum atomic E-state index is -0.315. The Morgan fingerprint density at radius 3 is 2.29 bits per heavy atom. The molecule has 14 heavy (non-hydrogen) atoms. The van der Waals surface area contributed by atoms with Crippen molar-refractivity contribution in [3.63, 3.8) is 0 Å². The fourth-order valence-electron chi connectivity index (χ4n) is 1.24. The highest BCUT2D eigenvalue weighted by atomic mass is 35.5. The number of likely N-dealkylation sites (N-methyl/N-ethyl adjacent to an activating group) is 1. The van der Waals surface area contributed by atoms with Gasteiger partial charge in [0.1, 0.15) is 6.67 Å². The fraction of sp³-hybridized carbons (Fsp3) is 0.455. The number of rotatable bonds is 4. The van der Waals surface area contributed by atoms with Crippen LogP contribution in [0.4, 0.5) is 4.39 Å². The number of nitrogens with one attached hydrogen (secondary N) is 1. The maximum atomic E-state index is 12.4. The van der Waals surface area contributed by atoms with E-state index in [0.717, 1.165) is 6.42 Å². The van der Waals surface area contributed by atoms with Crippen LogP contribution in [-0.2, 0) is 6.42 Å². The first-order valence-electron chi connectivity index (χ1n) is 4.55. The number of alkyl halides is 1. The molecule has 3 heteroatoms. The predicted molar refractivity (Wildman–Crippen MR) is 61.0 cm³/mol. The van der Waals surface area contributed by atoms with Gasteiger partial charge in [-0.05, 0) is 26.0 Å². The summed E-state index contributed by atoms with van der Waals surface area (Å²) in [6.07, 6.45) is 0.757. The maximum Gasteiger partial charge on any atom is 0.105 e. The van der Waals surface area contributed by atoms with Crippen molar-refractivity contribution in [2.24, 2.45) is 0 Å². The molecule has 0 bridgehead atoms. The average Bonchev–Trinajstić information content (AvgIpc) is 2.17. The first-order valence-corrected chi connectivity index (χ1v) is 4.55. The molecule has 1 rings (SSSR count). The lowest BCUT2D eigenvalue weighted by atomic mass is 10.1. The minimum Gasteiger partial charge on any atom is -0.314 e. The van der Waals surface area contributed by atoms with Gasteiger partial charge in [0, 0.05) is 6.04 Å². The lowest BCUT2D eigenvalue weighted by Gasteiger charge is -2.11. The molecule has 0 fully saturated rings. The molecule has 0 saturated carbocycles. The van der Waals surface area contributed by atoms with Crippen molar-refractivity contribution in [1.82, 2.24) is 5.32 Å². The van der Waals surface area contributed by atoms with Gasteiger partial charge < -0.3 is 5.32 Å². The Morgan fingerprint density at radius 1 is 1.29 bits per heavy atom. The molecule has 1 aromatic carbocycles. The van der Waals surface area contributed by atoms with E-state index in [0.29, 0.717) is 0 Å². The molecule has 0 radical (unpaired) electrons. The fourth-order valence-corrected chi connectivity index (χ4v) is 1.24. The highest BCUT2D eigenvalue weighted by Gasteiger charge is 2.05. The molecule has 80 valence electrons. The van der Waals surface area contributed by atoms with Crippen LogP contribution in [0.3, 0.4) is 0 Å². The lowest BCUT2D eigenvalue weighted by molar-refractivity contribution is 0.389. The average molecular weight is 218 g/mol. The predicted octanol–water partition coefficient (Wildman–Crippen LogP) is 2.52. The standard InChI is InChI=1S/C11H16FN.ClH/c1-9-3-5-10(6-4-9)7-11(8-12)13-2;/h3-6,11,13H,7-8H2,1-2H3;1H. The quantitative estimate of drug-likeness (QED) is 0.818. The summed E-state index contributed by atoms with van der Waals surface area (Å²) in [6.45, 7) is 1.73. The largest absolute Gasteiger partial charge is 0.314 e. The Bertz CT molecular complexity index is 244. The first-order chi connectivity index (χ1) is 6.26. The van der Waals surface area contributed by atoms with Crippen LogP contribution in [-0.4, -0.2) is 19.8 Å². The second-order valence-corrected chi connectivity index (χ2v) is 3.33. The highest BCUT2D eigenvalue weighted by molar-refractivity contribution is 5.85. The molecule has 0 amide bonds. The summed E-state index contributed by atoms with van der Waals surface area (Å²) in [5, 5.41) is 2.94. The topological polar surface area (TPSA) is 12.0 Å². The zero-order valence-corrected chi connectivity index (χ0v) is 9.40. The molecule has 1 unspecified atom stereocenters. The zero-order valence-electron chi connectivity index (χ0n) is 8.59. The molecule has 0 aliphatic rings. The Morgan fingerprint density at radius 2 is 1.86 bits per heavy atom. The van der Waals surface area contributed by atoms with Crippen molar-refractivity contribution in [3.8, 4) is 0 Å². The van der Waals surface area contributed by atoms with Crippen molar-refractivity contribution in [2.45, 2.75) is 19.4 Å². The van der Waals surface area contributed by atoms with Gasteiger partial charge in [-0.3, -0.25) is 0 Å². The van der Waals surface area contributed by atoms with Crippen LogP contribution in [0.2, 0.25) is 0 Å². The Balaban J connectivity index is 0.00000169. The zero-order chi connectivity index (χ0) is 9.68. The molecule has 1 nitrogen and oxygen atoms in total. The van der Waals surface area contributed by atoms with Crippen LogP contribution in [0.15, 0.2) is 24.3 Å². The summed E-state index contributed by atoms with van der Waals surface area (Å²) >= 11 is 0. The molecule has 0 aliphatic carbocycles. The number of aryl methyl sites for hydroxylation is 1. The van der Waals surface area contributed by atoms with Crippen LogP contribution < -0.4 is 5.32 Å². The molecule has 0 saturated heterocycles. The van der Waals surface area contributed by atoms with Gasteiger partial charge >= 0.3 is 0 Å². The van der Waals surface area contributed by atoms with Gasteiger partial charge in [0.2, 0.25) is 0 Å².